The highest BCUT2D eigenvalue weighted by Crippen LogP contribution is 2.29. The molecule has 0 atom stereocenters. The third-order valence-electron chi connectivity index (χ3n) is 3.72. The van der Waals surface area contributed by atoms with Crippen molar-refractivity contribution in [3.8, 4) is 5.75 Å². The Labute approximate surface area is 171 Å². The molecule has 1 aromatic heterocycles. The number of hydrogen-bond donors (Lipinski definition) is 1. The van der Waals surface area contributed by atoms with Crippen LogP contribution in [0.5, 0.6) is 5.75 Å². The van der Waals surface area contributed by atoms with Gasteiger partial charge < -0.3 is 4.74 Å². The van der Waals surface area contributed by atoms with Crippen molar-refractivity contribution >= 4 is 51.7 Å². The van der Waals surface area contributed by atoms with Crippen molar-refractivity contribution in [3.05, 3.63) is 80.8 Å². The van der Waals surface area contributed by atoms with Crippen LogP contribution >= 0.6 is 34.5 Å². The topological polar surface area (TPSA) is 51.2 Å². The van der Waals surface area contributed by atoms with Crippen LogP contribution in [0.3, 0.4) is 0 Å². The van der Waals surface area contributed by atoms with Crippen LogP contribution in [0, 0.1) is 0 Å². The predicted octanol–water partition coefficient (Wildman–Crippen LogP) is 5.70. The Morgan fingerprint density at radius 1 is 1.22 bits per heavy atom. The molecule has 4 nitrogen and oxygen atoms in total. The lowest BCUT2D eigenvalue weighted by Crippen LogP contribution is -2.07. The Hall–Kier alpha value is -2.34. The third kappa shape index (κ3) is 5.32. The van der Waals surface area contributed by atoms with E-state index in [1.807, 2.05) is 36.4 Å². The third-order valence-corrected chi connectivity index (χ3v) is 5.49. The summed E-state index contributed by atoms with van der Waals surface area (Å²) in [4.78, 5) is 17.3. The monoisotopic (exact) mass is 418 g/mol. The van der Waals surface area contributed by atoms with Crippen molar-refractivity contribution in [3.63, 3.8) is 0 Å². The van der Waals surface area contributed by atoms with Crippen molar-refractivity contribution in [1.29, 1.82) is 0 Å². The zero-order chi connectivity index (χ0) is 19.2. The highest BCUT2D eigenvalue weighted by molar-refractivity contribution is 7.15. The molecule has 3 rings (SSSR count). The fourth-order valence-electron chi connectivity index (χ4n) is 2.35. The Balaban J connectivity index is 1.60. The van der Waals surface area contributed by atoms with E-state index < -0.39 is 0 Å². The van der Waals surface area contributed by atoms with Gasteiger partial charge in [0.1, 0.15) is 5.75 Å². The molecule has 0 aliphatic carbocycles. The number of amides is 1. The largest absolute Gasteiger partial charge is 0.497 e. The van der Waals surface area contributed by atoms with Gasteiger partial charge in [-0.15, -0.1) is 11.3 Å². The summed E-state index contributed by atoms with van der Waals surface area (Å²) in [5, 5.41) is 4.37. The first kappa shape index (κ1) is 19.4. The standard InChI is InChI=1S/C20H16Cl2N2O2S/c1-26-15-8-5-13(6-9-15)7-10-18(25)24-20-23-12-16(27-20)11-14-3-2-4-17(21)19(14)22/h2-10,12H,11H2,1H3,(H,23,24,25). The zero-order valence-corrected chi connectivity index (χ0v) is 16.7. The van der Waals surface area contributed by atoms with Crippen LogP contribution in [0.15, 0.2) is 54.7 Å². The van der Waals surface area contributed by atoms with Gasteiger partial charge in [-0.1, -0.05) is 47.5 Å². The minimum absolute atomic E-state index is 0.243. The van der Waals surface area contributed by atoms with Gasteiger partial charge in [0.25, 0.3) is 0 Å². The molecule has 3 aromatic rings. The lowest BCUT2D eigenvalue weighted by molar-refractivity contribution is -0.111. The minimum atomic E-state index is -0.243. The Morgan fingerprint density at radius 2 is 2.00 bits per heavy atom. The van der Waals surface area contributed by atoms with Crippen LogP contribution in [0.4, 0.5) is 5.13 Å². The molecule has 1 amide bonds. The number of methoxy groups -OCH3 is 1. The number of anilines is 1. The molecule has 0 spiro atoms. The molecule has 2 aromatic carbocycles. The number of aromatic nitrogens is 1. The van der Waals surface area contributed by atoms with E-state index in [9.17, 15) is 4.79 Å². The first-order valence-corrected chi connectivity index (χ1v) is 9.63. The van der Waals surface area contributed by atoms with E-state index >= 15 is 0 Å². The normalized spacial score (nSPS) is 10.9. The Morgan fingerprint density at radius 3 is 2.74 bits per heavy atom. The molecule has 7 heteroatoms. The van der Waals surface area contributed by atoms with Crippen LogP contribution in [0.2, 0.25) is 10.0 Å². The molecule has 0 aliphatic rings. The number of ether oxygens (including phenoxy) is 1. The van der Waals surface area contributed by atoms with E-state index in [-0.39, 0.29) is 5.91 Å². The van der Waals surface area contributed by atoms with Gasteiger partial charge in [-0.3, -0.25) is 10.1 Å². The summed E-state index contributed by atoms with van der Waals surface area (Å²) in [7, 11) is 1.61. The number of rotatable bonds is 6. The second-order valence-electron chi connectivity index (χ2n) is 5.62. The van der Waals surface area contributed by atoms with Gasteiger partial charge in [0, 0.05) is 23.6 Å². The molecule has 1 heterocycles. The molecule has 0 aliphatic heterocycles. The molecule has 0 radical (unpaired) electrons. The molecule has 1 N–H and O–H groups in total. The van der Waals surface area contributed by atoms with Crippen molar-refractivity contribution < 1.29 is 9.53 Å². The summed E-state index contributed by atoms with van der Waals surface area (Å²) in [6.45, 7) is 0. The van der Waals surface area contributed by atoms with Gasteiger partial charge in [-0.25, -0.2) is 4.98 Å². The van der Waals surface area contributed by atoms with Gasteiger partial charge >= 0.3 is 0 Å². The molecular weight excluding hydrogens is 403 g/mol. The molecule has 0 bridgehead atoms. The predicted molar refractivity (Wildman–Crippen MR) is 112 cm³/mol. The van der Waals surface area contributed by atoms with Gasteiger partial charge in [-0.05, 0) is 35.4 Å². The number of carbonyl (C=O) groups is 1. The summed E-state index contributed by atoms with van der Waals surface area (Å²) < 4.78 is 5.11. The molecular formula is C20H16Cl2N2O2S. The SMILES string of the molecule is COc1ccc(C=CC(=O)Nc2ncc(Cc3cccc(Cl)c3Cl)s2)cc1. The Kier molecular flexibility index (Phi) is 6.50. The van der Waals surface area contributed by atoms with E-state index in [1.54, 1.807) is 25.4 Å². The van der Waals surface area contributed by atoms with E-state index in [4.69, 9.17) is 27.9 Å². The second kappa shape index (κ2) is 9.04. The number of hydrogen-bond acceptors (Lipinski definition) is 4. The summed E-state index contributed by atoms with van der Waals surface area (Å²) in [5.41, 5.74) is 1.83. The molecule has 138 valence electrons. The fraction of sp³-hybridized carbons (Fsp3) is 0.100. The summed E-state index contributed by atoms with van der Waals surface area (Å²) in [6, 6.07) is 13.0. The molecule has 0 fully saturated rings. The fourth-order valence-corrected chi connectivity index (χ4v) is 3.58. The smallest absolute Gasteiger partial charge is 0.250 e. The number of halogens is 2. The molecule has 0 saturated heterocycles. The maximum atomic E-state index is 12.1. The average Bonchev–Trinajstić information content (AvgIpc) is 3.11. The van der Waals surface area contributed by atoms with Gasteiger partial charge in [0.2, 0.25) is 5.91 Å². The summed E-state index contributed by atoms with van der Waals surface area (Å²) in [6.07, 6.45) is 5.53. The number of nitrogens with zero attached hydrogens (tertiary/aromatic N) is 1. The van der Waals surface area contributed by atoms with Crippen molar-refractivity contribution in [2.24, 2.45) is 0 Å². The molecule has 27 heavy (non-hydrogen) atoms. The number of benzene rings is 2. The zero-order valence-electron chi connectivity index (χ0n) is 14.4. The molecule has 0 saturated carbocycles. The van der Waals surface area contributed by atoms with E-state index in [2.05, 4.69) is 10.3 Å². The summed E-state index contributed by atoms with van der Waals surface area (Å²) in [5.74, 6) is 0.527. The number of nitrogens with one attached hydrogen (secondary N) is 1. The van der Waals surface area contributed by atoms with Crippen molar-refractivity contribution in [1.82, 2.24) is 4.98 Å². The van der Waals surface area contributed by atoms with Crippen LogP contribution < -0.4 is 10.1 Å². The van der Waals surface area contributed by atoms with Crippen LogP contribution in [0.25, 0.3) is 6.08 Å². The van der Waals surface area contributed by atoms with Crippen LogP contribution in [0.1, 0.15) is 16.0 Å². The van der Waals surface area contributed by atoms with E-state index in [0.29, 0.717) is 21.6 Å². The quantitative estimate of drug-likeness (QED) is 0.522. The van der Waals surface area contributed by atoms with E-state index in [0.717, 1.165) is 21.8 Å². The van der Waals surface area contributed by atoms with E-state index in [1.165, 1.54) is 17.4 Å². The van der Waals surface area contributed by atoms with Crippen molar-refractivity contribution in [2.45, 2.75) is 6.42 Å². The van der Waals surface area contributed by atoms with Crippen LogP contribution in [-0.2, 0) is 11.2 Å². The number of carbonyl (C=O) groups excluding carboxylic acids is 1. The maximum Gasteiger partial charge on any atom is 0.250 e. The highest BCUT2D eigenvalue weighted by Gasteiger charge is 2.09. The van der Waals surface area contributed by atoms with Crippen molar-refractivity contribution in [2.75, 3.05) is 12.4 Å². The lowest BCUT2D eigenvalue weighted by Gasteiger charge is -2.03. The number of thiazole rings is 1. The highest BCUT2D eigenvalue weighted by atomic mass is 35.5. The first-order chi connectivity index (χ1) is 13.0. The first-order valence-electron chi connectivity index (χ1n) is 8.06. The van der Waals surface area contributed by atoms with Gasteiger partial charge in [0.05, 0.1) is 17.2 Å². The minimum Gasteiger partial charge on any atom is -0.497 e. The lowest BCUT2D eigenvalue weighted by atomic mass is 10.1. The molecule has 0 unspecified atom stereocenters. The average molecular weight is 419 g/mol. The van der Waals surface area contributed by atoms with Gasteiger partial charge in [-0.2, -0.15) is 0 Å². The Bertz CT molecular complexity index is 968. The summed E-state index contributed by atoms with van der Waals surface area (Å²) >= 11 is 13.7. The van der Waals surface area contributed by atoms with Gasteiger partial charge in [0.15, 0.2) is 5.13 Å². The second-order valence-corrected chi connectivity index (χ2v) is 7.52. The maximum absolute atomic E-state index is 12.1. The van der Waals surface area contributed by atoms with Crippen LogP contribution in [-0.4, -0.2) is 18.0 Å².